The molecule has 0 radical (unpaired) electrons. The van der Waals surface area contributed by atoms with Gasteiger partial charge in [-0.05, 0) is 99.1 Å². The Balaban J connectivity index is 1.14. The highest BCUT2D eigenvalue weighted by atomic mass is 16.3. The first kappa shape index (κ1) is 30.1. The van der Waals surface area contributed by atoms with Gasteiger partial charge in [0, 0.05) is 40.7 Å². The fourth-order valence-electron chi connectivity index (χ4n) is 7.69. The first-order valence-corrected chi connectivity index (χ1v) is 17.8. The molecular formula is C49H34N2O. The van der Waals surface area contributed by atoms with E-state index in [-0.39, 0.29) is 0 Å². The fraction of sp³-hybridized carbons (Fsp3) is 0.0408. The summed E-state index contributed by atoms with van der Waals surface area (Å²) in [6.07, 6.45) is 0. The lowest BCUT2D eigenvalue weighted by atomic mass is 9.90. The van der Waals surface area contributed by atoms with Crippen LogP contribution in [0.15, 0.2) is 186 Å². The van der Waals surface area contributed by atoms with E-state index < -0.39 is 0 Å². The highest BCUT2D eigenvalue weighted by molar-refractivity contribution is 6.06. The van der Waals surface area contributed by atoms with Crippen LogP contribution in [0.3, 0.4) is 0 Å². The summed E-state index contributed by atoms with van der Waals surface area (Å²) in [4.78, 5) is 7.64. The van der Waals surface area contributed by atoms with E-state index in [0.717, 1.165) is 63.1 Å². The van der Waals surface area contributed by atoms with Crippen LogP contribution in [-0.4, -0.2) is 4.98 Å². The molecule has 0 unspecified atom stereocenters. The van der Waals surface area contributed by atoms with E-state index in [0.29, 0.717) is 0 Å². The highest BCUT2D eigenvalue weighted by Crippen LogP contribution is 2.41. The summed E-state index contributed by atoms with van der Waals surface area (Å²) in [6, 6.07) is 65.1. The minimum atomic E-state index is 0.817. The van der Waals surface area contributed by atoms with Crippen molar-refractivity contribution in [3.63, 3.8) is 0 Å². The number of hydrogen-bond donors (Lipinski definition) is 0. The molecule has 1 aliphatic heterocycles. The van der Waals surface area contributed by atoms with Crippen LogP contribution in [0.25, 0.3) is 77.8 Å². The minimum absolute atomic E-state index is 0.817. The molecule has 246 valence electrons. The van der Waals surface area contributed by atoms with Crippen molar-refractivity contribution in [2.45, 2.75) is 13.1 Å². The summed E-state index contributed by atoms with van der Waals surface area (Å²) in [5.74, 6) is 0. The molecule has 3 nitrogen and oxygen atoms in total. The molecule has 9 aromatic rings. The van der Waals surface area contributed by atoms with E-state index >= 15 is 0 Å². The maximum Gasteiger partial charge on any atom is 0.135 e. The van der Waals surface area contributed by atoms with Crippen molar-refractivity contribution >= 4 is 27.6 Å². The number of anilines is 1. The molecule has 0 amide bonds. The summed E-state index contributed by atoms with van der Waals surface area (Å²) in [6.45, 7) is 1.64. The van der Waals surface area contributed by atoms with Crippen molar-refractivity contribution in [3.05, 3.63) is 193 Å². The van der Waals surface area contributed by atoms with Gasteiger partial charge in [0.25, 0.3) is 0 Å². The van der Waals surface area contributed by atoms with Gasteiger partial charge < -0.3 is 9.32 Å². The van der Waals surface area contributed by atoms with E-state index in [4.69, 9.17) is 9.40 Å². The minimum Gasteiger partial charge on any atom is -0.456 e. The van der Waals surface area contributed by atoms with Crippen LogP contribution in [0.5, 0.6) is 0 Å². The summed E-state index contributed by atoms with van der Waals surface area (Å²) in [7, 11) is 0. The molecule has 0 spiro atoms. The van der Waals surface area contributed by atoms with Crippen molar-refractivity contribution in [2.24, 2.45) is 0 Å². The van der Waals surface area contributed by atoms with Crippen LogP contribution in [0.4, 0.5) is 5.69 Å². The quantitative estimate of drug-likeness (QED) is 0.183. The third-order valence-corrected chi connectivity index (χ3v) is 10.4. The standard InChI is InChI=1S/C49H34N2O/c1-4-12-33(13-5-1)46-29-40(30-47(50-46)34-14-6-2-7-15-34)37-21-23-39-32-51(41-16-8-3-9-17-41)31-38-22-20-35(26-43(38)44(39)27-37)36-24-25-49-45(28-36)42-18-10-11-19-48(42)52-49/h1-30H,31-32H2. The molecule has 0 aliphatic carbocycles. The number of para-hydroxylation sites is 2. The van der Waals surface area contributed by atoms with Gasteiger partial charge in [-0.2, -0.15) is 0 Å². The Bertz CT molecular complexity index is 2670. The number of nitrogens with zero attached hydrogens (tertiary/aromatic N) is 2. The van der Waals surface area contributed by atoms with Crippen LogP contribution in [-0.2, 0) is 13.1 Å². The lowest BCUT2D eigenvalue weighted by Crippen LogP contribution is -2.20. The molecule has 1 aliphatic rings. The number of rotatable bonds is 5. The second kappa shape index (κ2) is 12.6. The van der Waals surface area contributed by atoms with E-state index in [1.54, 1.807) is 0 Å². The van der Waals surface area contributed by atoms with Gasteiger partial charge in [-0.25, -0.2) is 4.98 Å². The number of furan rings is 1. The van der Waals surface area contributed by atoms with Gasteiger partial charge in [-0.15, -0.1) is 0 Å². The van der Waals surface area contributed by atoms with Gasteiger partial charge >= 0.3 is 0 Å². The van der Waals surface area contributed by atoms with Crippen LogP contribution >= 0.6 is 0 Å². The van der Waals surface area contributed by atoms with Gasteiger partial charge in [-0.1, -0.05) is 127 Å². The molecule has 7 aromatic carbocycles. The summed E-state index contributed by atoms with van der Waals surface area (Å²) in [5.41, 5.74) is 17.0. The van der Waals surface area contributed by atoms with E-state index in [1.165, 1.54) is 44.6 Å². The topological polar surface area (TPSA) is 29.3 Å². The molecule has 3 heterocycles. The number of hydrogen-bond acceptors (Lipinski definition) is 3. The van der Waals surface area contributed by atoms with E-state index in [9.17, 15) is 0 Å². The normalized spacial score (nSPS) is 12.4. The van der Waals surface area contributed by atoms with Crippen molar-refractivity contribution in [1.82, 2.24) is 4.98 Å². The average Bonchev–Trinajstić information content (AvgIpc) is 3.51. The Hall–Kier alpha value is -6.71. The molecule has 0 saturated carbocycles. The Labute approximate surface area is 303 Å². The lowest BCUT2D eigenvalue weighted by molar-refractivity contribution is 0.669. The smallest absolute Gasteiger partial charge is 0.135 e. The Kier molecular flexibility index (Phi) is 7.28. The second-order valence-electron chi connectivity index (χ2n) is 13.6. The summed E-state index contributed by atoms with van der Waals surface area (Å²) < 4.78 is 6.17. The third kappa shape index (κ3) is 5.44. The van der Waals surface area contributed by atoms with Crippen LogP contribution in [0, 0.1) is 0 Å². The molecule has 3 heteroatoms. The predicted octanol–water partition coefficient (Wildman–Crippen LogP) is 12.8. The predicted molar refractivity (Wildman–Crippen MR) is 215 cm³/mol. The van der Waals surface area contributed by atoms with Crippen LogP contribution < -0.4 is 4.90 Å². The van der Waals surface area contributed by atoms with Crippen LogP contribution in [0.1, 0.15) is 11.1 Å². The third-order valence-electron chi connectivity index (χ3n) is 10.4. The zero-order valence-electron chi connectivity index (χ0n) is 28.5. The molecule has 0 saturated heterocycles. The lowest BCUT2D eigenvalue weighted by Gasteiger charge is -2.24. The van der Waals surface area contributed by atoms with Crippen molar-refractivity contribution in [1.29, 1.82) is 0 Å². The van der Waals surface area contributed by atoms with Gasteiger partial charge in [0.05, 0.1) is 11.4 Å². The molecule has 0 fully saturated rings. The van der Waals surface area contributed by atoms with Crippen molar-refractivity contribution in [2.75, 3.05) is 4.90 Å². The summed E-state index contributed by atoms with van der Waals surface area (Å²) >= 11 is 0. The first-order valence-electron chi connectivity index (χ1n) is 17.8. The molecule has 2 aromatic heterocycles. The fourth-order valence-corrected chi connectivity index (χ4v) is 7.69. The molecule has 0 atom stereocenters. The SMILES string of the molecule is c1ccc(-c2cc(-c3ccc4c(c3)-c3cc(-c5ccc6oc7ccccc7c6c5)ccc3CN(c3ccccc3)C4)cc(-c3ccccc3)n2)cc1. The monoisotopic (exact) mass is 666 g/mol. The Morgan fingerprint density at radius 3 is 1.52 bits per heavy atom. The number of pyridine rings is 1. The van der Waals surface area contributed by atoms with Crippen molar-refractivity contribution in [3.8, 4) is 55.9 Å². The van der Waals surface area contributed by atoms with Gasteiger partial charge in [0.1, 0.15) is 11.2 Å². The number of fused-ring (bicyclic) bond motifs is 6. The maximum absolute atomic E-state index is 6.17. The second-order valence-corrected chi connectivity index (χ2v) is 13.6. The molecule has 10 rings (SSSR count). The summed E-state index contributed by atoms with van der Waals surface area (Å²) in [5, 5.41) is 2.28. The van der Waals surface area contributed by atoms with Crippen molar-refractivity contribution < 1.29 is 4.42 Å². The van der Waals surface area contributed by atoms with Gasteiger partial charge in [0.2, 0.25) is 0 Å². The van der Waals surface area contributed by atoms with E-state index in [1.807, 2.05) is 12.1 Å². The van der Waals surface area contributed by atoms with Crippen LogP contribution in [0.2, 0.25) is 0 Å². The van der Waals surface area contributed by atoms with Gasteiger partial charge in [0.15, 0.2) is 0 Å². The zero-order valence-corrected chi connectivity index (χ0v) is 28.5. The number of benzene rings is 7. The molecular weight excluding hydrogens is 633 g/mol. The molecule has 0 bridgehead atoms. The zero-order chi connectivity index (χ0) is 34.4. The number of aromatic nitrogens is 1. The molecule has 0 N–H and O–H groups in total. The first-order chi connectivity index (χ1) is 25.7. The van der Waals surface area contributed by atoms with Gasteiger partial charge in [-0.3, -0.25) is 0 Å². The molecule has 52 heavy (non-hydrogen) atoms. The maximum atomic E-state index is 6.17. The highest BCUT2D eigenvalue weighted by Gasteiger charge is 2.22. The Morgan fingerprint density at radius 2 is 0.885 bits per heavy atom. The Morgan fingerprint density at radius 1 is 0.385 bits per heavy atom. The average molecular weight is 667 g/mol. The van der Waals surface area contributed by atoms with E-state index in [2.05, 4.69) is 175 Å². The largest absolute Gasteiger partial charge is 0.456 e.